The summed E-state index contributed by atoms with van der Waals surface area (Å²) in [4.78, 5) is 20.2. The zero-order valence-electron chi connectivity index (χ0n) is 9.62. The van der Waals surface area contributed by atoms with Crippen LogP contribution in [-0.2, 0) is 7.05 Å². The molecular weight excluding hydrogens is 248 g/mol. The molecule has 0 saturated carbocycles. The van der Waals surface area contributed by atoms with Crippen molar-refractivity contribution >= 4 is 33.4 Å². The van der Waals surface area contributed by atoms with Crippen LogP contribution in [0.4, 0.5) is 5.13 Å². The first-order chi connectivity index (χ1) is 8.74. The smallest absolute Gasteiger partial charge is 0.257 e. The molecule has 0 unspecified atom stereocenters. The fraction of sp³-hybridized carbons (Fsp3) is 0.0833. The summed E-state index contributed by atoms with van der Waals surface area (Å²) >= 11 is 1.39. The lowest BCUT2D eigenvalue weighted by Gasteiger charge is -2.02. The van der Waals surface area contributed by atoms with E-state index in [1.807, 2.05) is 23.1 Å². The summed E-state index contributed by atoms with van der Waals surface area (Å²) in [5.41, 5.74) is 2.39. The summed E-state index contributed by atoms with van der Waals surface area (Å²) in [6.07, 6.45) is 3.38. The van der Waals surface area contributed by atoms with Gasteiger partial charge in [-0.2, -0.15) is 0 Å². The molecule has 0 aliphatic heterocycles. The van der Waals surface area contributed by atoms with Gasteiger partial charge in [0.05, 0.1) is 17.4 Å². The van der Waals surface area contributed by atoms with Gasteiger partial charge in [0.2, 0.25) is 0 Å². The second-order valence-corrected chi connectivity index (χ2v) is 4.74. The van der Waals surface area contributed by atoms with Gasteiger partial charge in [-0.3, -0.25) is 10.1 Å². The van der Waals surface area contributed by atoms with Crippen LogP contribution in [0.2, 0.25) is 0 Å². The summed E-state index contributed by atoms with van der Waals surface area (Å²) < 4.78 is 1.91. The Morgan fingerprint density at radius 2 is 2.28 bits per heavy atom. The van der Waals surface area contributed by atoms with E-state index in [2.05, 4.69) is 15.3 Å². The maximum atomic E-state index is 12.0. The van der Waals surface area contributed by atoms with Gasteiger partial charge in [0.1, 0.15) is 0 Å². The first-order valence-electron chi connectivity index (χ1n) is 5.36. The van der Waals surface area contributed by atoms with Crippen molar-refractivity contribution < 1.29 is 4.79 Å². The van der Waals surface area contributed by atoms with Gasteiger partial charge < -0.3 is 4.57 Å². The van der Waals surface area contributed by atoms with Crippen LogP contribution in [0.3, 0.4) is 0 Å². The summed E-state index contributed by atoms with van der Waals surface area (Å²) in [6, 6.07) is 5.45. The minimum absolute atomic E-state index is 0.169. The minimum atomic E-state index is -0.169. The van der Waals surface area contributed by atoms with Crippen molar-refractivity contribution in [3.05, 3.63) is 41.7 Å². The Morgan fingerprint density at radius 3 is 3.06 bits per heavy atom. The van der Waals surface area contributed by atoms with Crippen molar-refractivity contribution in [3.8, 4) is 0 Å². The molecule has 90 valence electrons. The fourth-order valence-corrected chi connectivity index (χ4v) is 2.26. The fourth-order valence-electron chi connectivity index (χ4n) is 1.73. The Labute approximate surface area is 107 Å². The number of anilines is 1. The van der Waals surface area contributed by atoms with Gasteiger partial charge in [-0.05, 0) is 18.2 Å². The van der Waals surface area contributed by atoms with Crippen LogP contribution >= 0.6 is 11.3 Å². The van der Waals surface area contributed by atoms with E-state index in [4.69, 9.17) is 0 Å². The number of aryl methyl sites for hydroxylation is 1. The highest BCUT2D eigenvalue weighted by atomic mass is 32.1. The number of imidazole rings is 1. The van der Waals surface area contributed by atoms with E-state index in [9.17, 15) is 4.79 Å². The molecule has 1 amide bonds. The van der Waals surface area contributed by atoms with Crippen LogP contribution in [0, 0.1) is 0 Å². The van der Waals surface area contributed by atoms with Gasteiger partial charge in [0.25, 0.3) is 5.91 Å². The molecule has 0 bridgehead atoms. The van der Waals surface area contributed by atoms with Gasteiger partial charge in [0, 0.05) is 24.2 Å². The van der Waals surface area contributed by atoms with Crippen LogP contribution < -0.4 is 5.32 Å². The van der Waals surface area contributed by atoms with Gasteiger partial charge >= 0.3 is 0 Å². The molecule has 0 aliphatic carbocycles. The van der Waals surface area contributed by atoms with Crippen LogP contribution in [0.1, 0.15) is 10.4 Å². The molecule has 3 rings (SSSR count). The first kappa shape index (κ1) is 10.9. The van der Waals surface area contributed by atoms with E-state index in [-0.39, 0.29) is 5.91 Å². The lowest BCUT2D eigenvalue weighted by Crippen LogP contribution is -2.11. The van der Waals surface area contributed by atoms with E-state index in [1.165, 1.54) is 11.3 Å². The molecule has 0 aliphatic rings. The van der Waals surface area contributed by atoms with Crippen molar-refractivity contribution in [2.45, 2.75) is 0 Å². The maximum Gasteiger partial charge on any atom is 0.257 e. The molecular formula is C12H10N4OS. The number of carbonyl (C=O) groups excluding carboxylic acids is 1. The lowest BCUT2D eigenvalue weighted by atomic mass is 10.2. The largest absolute Gasteiger partial charge is 0.334 e. The summed E-state index contributed by atoms with van der Waals surface area (Å²) in [6.45, 7) is 0. The number of amides is 1. The number of aromatic nitrogens is 3. The predicted molar refractivity (Wildman–Crippen MR) is 70.8 cm³/mol. The average molecular weight is 258 g/mol. The molecule has 6 heteroatoms. The van der Waals surface area contributed by atoms with E-state index in [1.54, 1.807) is 24.7 Å². The quantitative estimate of drug-likeness (QED) is 0.767. The Kier molecular flexibility index (Phi) is 2.56. The first-order valence-corrected chi connectivity index (χ1v) is 6.24. The number of nitrogens with zero attached hydrogens (tertiary/aromatic N) is 3. The molecule has 3 aromatic rings. The SMILES string of the molecule is Cn1cnc2cc(C(=O)Nc3nccs3)ccc21. The third kappa shape index (κ3) is 1.86. The van der Waals surface area contributed by atoms with Crippen LogP contribution in [0.5, 0.6) is 0 Å². The van der Waals surface area contributed by atoms with Crippen molar-refractivity contribution in [1.82, 2.24) is 14.5 Å². The zero-order valence-corrected chi connectivity index (χ0v) is 10.4. The Balaban J connectivity index is 1.92. The Hall–Kier alpha value is -2.21. The Bertz CT molecular complexity index is 702. The number of carbonyl (C=O) groups is 1. The highest BCUT2D eigenvalue weighted by molar-refractivity contribution is 7.13. The number of benzene rings is 1. The monoisotopic (exact) mass is 258 g/mol. The molecule has 0 radical (unpaired) electrons. The molecule has 1 aromatic carbocycles. The van der Waals surface area contributed by atoms with E-state index < -0.39 is 0 Å². The van der Waals surface area contributed by atoms with Crippen LogP contribution in [-0.4, -0.2) is 20.4 Å². The van der Waals surface area contributed by atoms with Crippen molar-refractivity contribution in [1.29, 1.82) is 0 Å². The second-order valence-electron chi connectivity index (χ2n) is 3.85. The number of fused-ring (bicyclic) bond motifs is 1. The average Bonchev–Trinajstić information content (AvgIpc) is 2.99. The summed E-state index contributed by atoms with van der Waals surface area (Å²) in [7, 11) is 1.92. The third-order valence-electron chi connectivity index (χ3n) is 2.64. The molecule has 2 heterocycles. The topological polar surface area (TPSA) is 59.8 Å². The molecule has 5 nitrogen and oxygen atoms in total. The molecule has 0 saturated heterocycles. The van der Waals surface area contributed by atoms with E-state index in [0.717, 1.165) is 11.0 Å². The van der Waals surface area contributed by atoms with Crippen molar-refractivity contribution in [2.75, 3.05) is 5.32 Å². The van der Waals surface area contributed by atoms with Gasteiger partial charge in [-0.1, -0.05) is 0 Å². The zero-order chi connectivity index (χ0) is 12.5. The highest BCUT2D eigenvalue weighted by Gasteiger charge is 2.09. The predicted octanol–water partition coefficient (Wildman–Crippen LogP) is 2.28. The van der Waals surface area contributed by atoms with Gasteiger partial charge in [-0.25, -0.2) is 9.97 Å². The lowest BCUT2D eigenvalue weighted by molar-refractivity contribution is 0.102. The molecule has 0 fully saturated rings. The van der Waals surface area contributed by atoms with E-state index in [0.29, 0.717) is 10.7 Å². The molecule has 0 spiro atoms. The second kappa shape index (κ2) is 4.23. The highest BCUT2D eigenvalue weighted by Crippen LogP contribution is 2.16. The molecule has 18 heavy (non-hydrogen) atoms. The Morgan fingerprint density at radius 1 is 1.39 bits per heavy atom. The standard InChI is InChI=1S/C12H10N4OS/c1-16-7-14-9-6-8(2-3-10(9)16)11(17)15-12-13-4-5-18-12/h2-7H,1H3,(H,13,15,17). The van der Waals surface area contributed by atoms with E-state index >= 15 is 0 Å². The van der Waals surface area contributed by atoms with Crippen molar-refractivity contribution in [3.63, 3.8) is 0 Å². The van der Waals surface area contributed by atoms with Crippen LogP contribution in [0.15, 0.2) is 36.1 Å². The number of hydrogen-bond acceptors (Lipinski definition) is 4. The van der Waals surface area contributed by atoms with Crippen molar-refractivity contribution in [2.24, 2.45) is 7.05 Å². The summed E-state index contributed by atoms with van der Waals surface area (Å²) in [5.74, 6) is -0.169. The van der Waals surface area contributed by atoms with Gasteiger partial charge in [-0.15, -0.1) is 11.3 Å². The maximum absolute atomic E-state index is 12.0. The minimum Gasteiger partial charge on any atom is -0.334 e. The molecule has 0 atom stereocenters. The van der Waals surface area contributed by atoms with Crippen LogP contribution in [0.25, 0.3) is 11.0 Å². The third-order valence-corrected chi connectivity index (χ3v) is 3.33. The molecule has 1 N–H and O–H groups in total. The number of rotatable bonds is 2. The number of hydrogen-bond donors (Lipinski definition) is 1. The normalized spacial score (nSPS) is 10.7. The summed E-state index contributed by atoms with van der Waals surface area (Å²) in [5, 5.41) is 5.16. The van der Waals surface area contributed by atoms with Gasteiger partial charge in [0.15, 0.2) is 5.13 Å². The number of nitrogens with one attached hydrogen (secondary N) is 1. The number of thiazole rings is 1. The molecule has 2 aromatic heterocycles.